The van der Waals surface area contributed by atoms with Crippen LogP contribution in [0.4, 0.5) is 10.1 Å². The van der Waals surface area contributed by atoms with Crippen LogP contribution in [-0.2, 0) is 0 Å². The number of ether oxygens (including phenoxy) is 1. The Morgan fingerprint density at radius 1 is 0.971 bits per heavy atom. The molecule has 0 aliphatic heterocycles. The normalized spacial score (nSPS) is 10.7. The molecule has 0 atom stereocenters. The summed E-state index contributed by atoms with van der Waals surface area (Å²) in [6, 6.07) is 23.8. The number of nitrogens with zero attached hydrogens (tertiary/aromatic N) is 3. The molecule has 1 amide bonds. The minimum atomic E-state index is -0.641. The average Bonchev–Trinajstić information content (AvgIpc) is 3.30. The predicted octanol–water partition coefficient (Wildman–Crippen LogP) is 6.27. The van der Waals surface area contributed by atoms with E-state index in [1.807, 2.05) is 47.2 Å². The Labute approximate surface area is 194 Å². The molecule has 7 heteroatoms. The molecule has 0 bridgehead atoms. The van der Waals surface area contributed by atoms with Crippen LogP contribution >= 0.6 is 0 Å². The standard InChI is InChI=1S/C27H17FN4O2/c1-30-23-3-2-4-26-22(23)13-14-32(26)19-15-24(31-25(16-19)27(29)33)17-5-9-20(10-6-17)34-21-11-7-18(28)8-12-21/h2-16H,(H2,29,33). The zero-order valence-electron chi connectivity index (χ0n) is 17.8. The van der Waals surface area contributed by atoms with Crippen molar-refractivity contribution in [1.29, 1.82) is 0 Å². The summed E-state index contributed by atoms with van der Waals surface area (Å²) in [5.41, 5.74) is 9.10. The van der Waals surface area contributed by atoms with Crippen molar-refractivity contribution in [1.82, 2.24) is 9.55 Å². The lowest BCUT2D eigenvalue weighted by molar-refractivity contribution is 0.0995. The van der Waals surface area contributed by atoms with Crippen molar-refractivity contribution >= 4 is 22.5 Å². The summed E-state index contributed by atoms with van der Waals surface area (Å²) < 4.78 is 20.7. The van der Waals surface area contributed by atoms with Crippen LogP contribution in [0.25, 0.3) is 32.7 Å². The molecule has 2 N–H and O–H groups in total. The van der Waals surface area contributed by atoms with Crippen LogP contribution in [-0.4, -0.2) is 15.5 Å². The second kappa shape index (κ2) is 8.52. The van der Waals surface area contributed by atoms with Crippen molar-refractivity contribution in [2.45, 2.75) is 0 Å². The molecule has 0 spiro atoms. The number of amides is 1. The summed E-state index contributed by atoms with van der Waals surface area (Å²) in [5.74, 6) is 0.116. The molecular formula is C27H17FN4O2. The van der Waals surface area contributed by atoms with Gasteiger partial charge in [0.05, 0.1) is 12.3 Å². The van der Waals surface area contributed by atoms with Crippen molar-refractivity contribution in [3.63, 3.8) is 0 Å². The first kappa shape index (κ1) is 20.9. The molecular weight excluding hydrogens is 431 g/mol. The monoisotopic (exact) mass is 448 g/mol. The number of carbonyl (C=O) groups is 1. The highest BCUT2D eigenvalue weighted by Gasteiger charge is 2.13. The number of hydrogen-bond donors (Lipinski definition) is 1. The molecule has 164 valence electrons. The number of carbonyl (C=O) groups excluding carboxylic acids is 1. The van der Waals surface area contributed by atoms with Crippen molar-refractivity contribution in [3.8, 4) is 28.4 Å². The number of rotatable bonds is 5. The molecule has 34 heavy (non-hydrogen) atoms. The highest BCUT2D eigenvalue weighted by Crippen LogP contribution is 2.31. The lowest BCUT2D eigenvalue weighted by Crippen LogP contribution is -2.14. The fourth-order valence-corrected chi connectivity index (χ4v) is 3.74. The zero-order chi connectivity index (χ0) is 23.7. The third-order valence-electron chi connectivity index (χ3n) is 5.37. The highest BCUT2D eigenvalue weighted by atomic mass is 19.1. The number of hydrogen-bond acceptors (Lipinski definition) is 3. The van der Waals surface area contributed by atoms with Crippen LogP contribution in [0.1, 0.15) is 10.5 Å². The fourth-order valence-electron chi connectivity index (χ4n) is 3.74. The summed E-state index contributed by atoms with van der Waals surface area (Å²) in [4.78, 5) is 20.0. The largest absolute Gasteiger partial charge is 0.457 e. The van der Waals surface area contributed by atoms with Gasteiger partial charge in [-0.1, -0.05) is 12.1 Å². The van der Waals surface area contributed by atoms with Crippen LogP contribution in [0.2, 0.25) is 0 Å². The topological polar surface area (TPSA) is 74.5 Å². The van der Waals surface area contributed by atoms with E-state index < -0.39 is 5.91 Å². The molecule has 0 saturated heterocycles. The van der Waals surface area contributed by atoms with Gasteiger partial charge in [0.25, 0.3) is 5.91 Å². The first-order valence-electron chi connectivity index (χ1n) is 10.4. The average molecular weight is 448 g/mol. The number of nitrogens with two attached hydrogens (primary N) is 1. The lowest BCUT2D eigenvalue weighted by atomic mass is 10.1. The maximum atomic E-state index is 13.1. The molecule has 3 aromatic carbocycles. The Kier molecular flexibility index (Phi) is 5.24. The van der Waals surface area contributed by atoms with Gasteiger partial charge in [0.2, 0.25) is 0 Å². The SMILES string of the molecule is [C-]#[N+]c1cccc2c1ccn2-c1cc(C(N)=O)nc(-c2ccc(Oc3ccc(F)cc3)cc2)c1. The summed E-state index contributed by atoms with van der Waals surface area (Å²) in [6.45, 7) is 7.39. The smallest absolute Gasteiger partial charge is 0.267 e. The van der Waals surface area contributed by atoms with E-state index >= 15 is 0 Å². The van der Waals surface area contributed by atoms with Crippen molar-refractivity contribution in [2.24, 2.45) is 5.73 Å². The summed E-state index contributed by atoms with van der Waals surface area (Å²) in [5, 5.41) is 0.818. The first-order valence-corrected chi connectivity index (χ1v) is 10.4. The number of aromatic nitrogens is 2. The van der Waals surface area contributed by atoms with E-state index in [0.29, 0.717) is 28.6 Å². The predicted molar refractivity (Wildman–Crippen MR) is 128 cm³/mol. The van der Waals surface area contributed by atoms with Gasteiger partial charge in [-0.15, -0.1) is 0 Å². The van der Waals surface area contributed by atoms with Gasteiger partial charge in [-0.25, -0.2) is 14.2 Å². The maximum absolute atomic E-state index is 13.1. The molecule has 5 aromatic rings. The lowest BCUT2D eigenvalue weighted by Gasteiger charge is -2.11. The number of fused-ring (bicyclic) bond motifs is 1. The fraction of sp³-hybridized carbons (Fsp3) is 0. The van der Waals surface area contributed by atoms with E-state index in [1.54, 1.807) is 36.4 Å². The van der Waals surface area contributed by atoms with E-state index in [0.717, 1.165) is 16.5 Å². The van der Waals surface area contributed by atoms with E-state index in [9.17, 15) is 9.18 Å². The van der Waals surface area contributed by atoms with Gasteiger partial charge in [0.1, 0.15) is 23.0 Å². The maximum Gasteiger partial charge on any atom is 0.267 e. The van der Waals surface area contributed by atoms with E-state index in [1.165, 1.54) is 12.1 Å². The molecule has 2 heterocycles. The minimum Gasteiger partial charge on any atom is -0.457 e. The Morgan fingerprint density at radius 2 is 1.68 bits per heavy atom. The van der Waals surface area contributed by atoms with Crippen LogP contribution in [0, 0.1) is 12.4 Å². The molecule has 0 radical (unpaired) electrons. The molecule has 0 unspecified atom stereocenters. The van der Waals surface area contributed by atoms with Gasteiger partial charge < -0.3 is 15.0 Å². The Balaban J connectivity index is 1.53. The molecule has 0 aliphatic carbocycles. The van der Waals surface area contributed by atoms with Crippen LogP contribution in [0.5, 0.6) is 11.5 Å². The van der Waals surface area contributed by atoms with E-state index in [2.05, 4.69) is 9.83 Å². The van der Waals surface area contributed by atoms with E-state index in [-0.39, 0.29) is 11.5 Å². The zero-order valence-corrected chi connectivity index (χ0v) is 17.8. The summed E-state index contributed by atoms with van der Waals surface area (Å²) in [7, 11) is 0. The van der Waals surface area contributed by atoms with Crippen LogP contribution in [0.3, 0.4) is 0 Å². The van der Waals surface area contributed by atoms with Gasteiger partial charge in [-0.3, -0.25) is 4.79 Å². The van der Waals surface area contributed by atoms with Crippen LogP contribution in [0.15, 0.2) is 91.1 Å². The van der Waals surface area contributed by atoms with Gasteiger partial charge in [0.15, 0.2) is 5.69 Å². The second-order valence-corrected chi connectivity index (χ2v) is 7.55. The summed E-state index contributed by atoms with van der Waals surface area (Å²) >= 11 is 0. The molecule has 0 fully saturated rings. The van der Waals surface area contributed by atoms with Gasteiger partial charge in [-0.2, -0.15) is 0 Å². The molecule has 6 nitrogen and oxygen atoms in total. The second-order valence-electron chi connectivity index (χ2n) is 7.55. The third kappa shape index (κ3) is 3.96. The molecule has 5 rings (SSSR count). The first-order chi connectivity index (χ1) is 16.5. The Bertz CT molecular complexity index is 1570. The molecule has 0 aliphatic rings. The van der Waals surface area contributed by atoms with E-state index in [4.69, 9.17) is 17.0 Å². The number of primary amides is 1. The quantitative estimate of drug-likeness (QED) is 0.322. The Hall–Kier alpha value is -4.96. The summed E-state index contributed by atoms with van der Waals surface area (Å²) in [6.07, 6.45) is 1.85. The highest BCUT2D eigenvalue weighted by molar-refractivity contribution is 5.95. The van der Waals surface area contributed by atoms with Crippen LogP contribution < -0.4 is 10.5 Å². The third-order valence-corrected chi connectivity index (χ3v) is 5.37. The minimum absolute atomic E-state index is 0.127. The van der Waals surface area contributed by atoms with Gasteiger partial charge in [-0.05, 0) is 72.8 Å². The molecule has 2 aromatic heterocycles. The number of halogens is 1. The van der Waals surface area contributed by atoms with Crippen molar-refractivity contribution in [3.05, 3.63) is 114 Å². The van der Waals surface area contributed by atoms with Crippen molar-refractivity contribution in [2.75, 3.05) is 0 Å². The van der Waals surface area contributed by atoms with Gasteiger partial charge in [0, 0.05) is 28.4 Å². The Morgan fingerprint density at radius 3 is 2.35 bits per heavy atom. The number of benzene rings is 3. The molecule has 0 saturated carbocycles. The van der Waals surface area contributed by atoms with Gasteiger partial charge >= 0.3 is 0 Å². The number of pyridine rings is 1. The van der Waals surface area contributed by atoms with Crippen molar-refractivity contribution < 1.29 is 13.9 Å².